The molecule has 0 aliphatic carbocycles. The van der Waals surface area contributed by atoms with Crippen LogP contribution in [0.15, 0.2) is 36.4 Å². The first-order chi connectivity index (χ1) is 15.2. The van der Waals surface area contributed by atoms with Crippen LogP contribution in [-0.4, -0.2) is 35.2 Å². The molecule has 1 heterocycles. The van der Waals surface area contributed by atoms with Crippen LogP contribution < -0.4 is 10.6 Å². The largest absolute Gasteiger partial charge is 0.345 e. The zero-order valence-corrected chi connectivity index (χ0v) is 19.6. The topological polar surface area (TPSA) is 78.5 Å². The van der Waals surface area contributed by atoms with E-state index in [1.165, 1.54) is 0 Å². The van der Waals surface area contributed by atoms with E-state index in [0.717, 1.165) is 33.5 Å². The monoisotopic (exact) mass is 435 g/mol. The van der Waals surface area contributed by atoms with E-state index in [2.05, 4.69) is 10.6 Å². The lowest BCUT2D eigenvalue weighted by molar-refractivity contribution is -0.144. The molecule has 0 bridgehead atoms. The van der Waals surface area contributed by atoms with Crippen LogP contribution in [0.25, 0.3) is 0 Å². The second-order valence-electron chi connectivity index (χ2n) is 8.80. The smallest absolute Gasteiger partial charge is 0.243 e. The van der Waals surface area contributed by atoms with E-state index in [1.54, 1.807) is 4.90 Å². The first-order valence-corrected chi connectivity index (χ1v) is 11.2. The van der Waals surface area contributed by atoms with Gasteiger partial charge in [0.1, 0.15) is 6.04 Å². The molecule has 2 N–H and O–H groups in total. The summed E-state index contributed by atoms with van der Waals surface area (Å²) in [7, 11) is 0. The molecule has 0 aromatic heterocycles. The molecule has 2 aromatic carbocycles. The first kappa shape index (κ1) is 23.5. The van der Waals surface area contributed by atoms with Gasteiger partial charge < -0.3 is 15.5 Å². The van der Waals surface area contributed by atoms with Crippen LogP contribution in [-0.2, 0) is 27.3 Å². The van der Waals surface area contributed by atoms with Crippen LogP contribution in [0.1, 0.15) is 48.1 Å². The van der Waals surface area contributed by atoms with E-state index in [0.29, 0.717) is 19.4 Å². The average Bonchev–Trinajstić information content (AvgIpc) is 2.77. The van der Waals surface area contributed by atoms with Crippen LogP contribution in [0.5, 0.6) is 0 Å². The zero-order chi connectivity index (χ0) is 23.4. The third kappa shape index (κ3) is 5.18. The summed E-state index contributed by atoms with van der Waals surface area (Å²) in [4.78, 5) is 40.3. The molecule has 0 fully saturated rings. The molecule has 2 atom stereocenters. The fourth-order valence-electron chi connectivity index (χ4n) is 4.29. The van der Waals surface area contributed by atoms with Crippen molar-refractivity contribution in [1.82, 2.24) is 10.2 Å². The van der Waals surface area contributed by atoms with Gasteiger partial charge in [0.25, 0.3) is 0 Å². The second kappa shape index (κ2) is 9.98. The van der Waals surface area contributed by atoms with E-state index in [9.17, 15) is 14.4 Å². The lowest BCUT2D eigenvalue weighted by Crippen LogP contribution is -2.54. The van der Waals surface area contributed by atoms with Crippen molar-refractivity contribution in [2.45, 2.75) is 60.0 Å². The SMILES string of the molecule is CC[C@@H](C)C(=O)N1Cc2ccccc2C[C@H]1C(=O)NCC(=O)Nc1c(C)cc(C)cc1C. The number of anilines is 1. The van der Waals surface area contributed by atoms with E-state index in [1.807, 2.05) is 71.0 Å². The van der Waals surface area contributed by atoms with Crippen LogP contribution in [0, 0.1) is 26.7 Å². The molecule has 6 nitrogen and oxygen atoms in total. The van der Waals surface area contributed by atoms with Crippen LogP contribution in [0.4, 0.5) is 5.69 Å². The Morgan fingerprint density at radius 2 is 1.69 bits per heavy atom. The lowest BCUT2D eigenvalue weighted by Gasteiger charge is -2.37. The Balaban J connectivity index is 1.70. The third-order valence-electron chi connectivity index (χ3n) is 6.23. The maximum atomic E-state index is 13.1. The molecule has 6 heteroatoms. The summed E-state index contributed by atoms with van der Waals surface area (Å²) in [5.74, 6) is -0.781. The van der Waals surface area contributed by atoms with Crippen LogP contribution in [0.3, 0.4) is 0 Å². The molecule has 3 amide bonds. The normalized spacial score (nSPS) is 16.2. The van der Waals surface area contributed by atoms with Crippen molar-refractivity contribution < 1.29 is 14.4 Å². The number of aryl methyl sites for hydroxylation is 3. The van der Waals surface area contributed by atoms with Gasteiger partial charge in [-0.3, -0.25) is 14.4 Å². The Morgan fingerprint density at radius 1 is 1.06 bits per heavy atom. The van der Waals surface area contributed by atoms with Gasteiger partial charge in [-0.15, -0.1) is 0 Å². The standard InChI is InChI=1S/C26H33N3O3/c1-6-17(3)26(32)29-15-21-10-8-7-9-20(21)13-22(29)25(31)27-14-23(30)28-24-18(4)11-16(2)12-19(24)5/h7-12,17,22H,6,13-15H2,1-5H3,(H,27,31)(H,28,30)/t17-,22+/m1/s1. The average molecular weight is 436 g/mol. The highest BCUT2D eigenvalue weighted by atomic mass is 16.2. The molecule has 0 saturated heterocycles. The number of hydrogen-bond acceptors (Lipinski definition) is 3. The minimum atomic E-state index is -0.623. The first-order valence-electron chi connectivity index (χ1n) is 11.2. The number of rotatable bonds is 6. The molecule has 32 heavy (non-hydrogen) atoms. The fourth-order valence-corrected chi connectivity index (χ4v) is 4.29. The summed E-state index contributed by atoms with van der Waals surface area (Å²) in [6.45, 7) is 10.0. The highest BCUT2D eigenvalue weighted by Crippen LogP contribution is 2.26. The van der Waals surface area contributed by atoms with Gasteiger partial charge in [-0.25, -0.2) is 0 Å². The maximum Gasteiger partial charge on any atom is 0.243 e. The predicted octanol–water partition coefficient (Wildman–Crippen LogP) is 3.67. The van der Waals surface area contributed by atoms with Crippen LogP contribution in [0.2, 0.25) is 0 Å². The van der Waals surface area contributed by atoms with Crippen molar-refractivity contribution in [2.24, 2.45) is 5.92 Å². The van der Waals surface area contributed by atoms with Crippen molar-refractivity contribution in [3.8, 4) is 0 Å². The van der Waals surface area contributed by atoms with Gasteiger partial charge in [0, 0.05) is 24.6 Å². The van der Waals surface area contributed by atoms with Crippen molar-refractivity contribution in [2.75, 3.05) is 11.9 Å². The number of carbonyl (C=O) groups is 3. The lowest BCUT2D eigenvalue weighted by atomic mass is 9.92. The number of nitrogens with one attached hydrogen (secondary N) is 2. The van der Waals surface area contributed by atoms with Crippen molar-refractivity contribution >= 4 is 23.4 Å². The van der Waals surface area contributed by atoms with E-state index in [-0.39, 0.29) is 30.2 Å². The van der Waals surface area contributed by atoms with Gasteiger partial charge in [-0.05, 0) is 49.4 Å². The minimum Gasteiger partial charge on any atom is -0.345 e. The molecule has 1 aliphatic rings. The maximum absolute atomic E-state index is 13.1. The fraction of sp³-hybridized carbons (Fsp3) is 0.423. The Morgan fingerprint density at radius 3 is 2.31 bits per heavy atom. The molecule has 3 rings (SSSR count). The van der Waals surface area contributed by atoms with Gasteiger partial charge in [0.05, 0.1) is 6.54 Å². The van der Waals surface area contributed by atoms with E-state index in [4.69, 9.17) is 0 Å². The predicted molar refractivity (Wildman–Crippen MR) is 126 cm³/mol. The van der Waals surface area contributed by atoms with Crippen LogP contribution >= 0.6 is 0 Å². The summed E-state index contributed by atoms with van der Waals surface area (Å²) in [5, 5.41) is 5.66. The number of fused-ring (bicyclic) bond motifs is 1. The third-order valence-corrected chi connectivity index (χ3v) is 6.23. The molecular formula is C26H33N3O3. The summed E-state index contributed by atoms with van der Waals surface area (Å²) in [6.07, 6.45) is 1.16. The summed E-state index contributed by atoms with van der Waals surface area (Å²) in [5.41, 5.74) is 6.00. The van der Waals surface area contributed by atoms with Gasteiger partial charge in [-0.2, -0.15) is 0 Å². The molecular weight excluding hydrogens is 402 g/mol. The molecule has 0 saturated carbocycles. The Hall–Kier alpha value is -3.15. The Bertz CT molecular complexity index is 1010. The molecule has 0 radical (unpaired) electrons. The number of benzene rings is 2. The summed E-state index contributed by atoms with van der Waals surface area (Å²) >= 11 is 0. The van der Waals surface area contributed by atoms with Gasteiger partial charge in [0.15, 0.2) is 0 Å². The highest BCUT2D eigenvalue weighted by molar-refractivity contribution is 5.97. The number of nitrogens with zero attached hydrogens (tertiary/aromatic N) is 1. The van der Waals surface area contributed by atoms with Gasteiger partial charge >= 0.3 is 0 Å². The molecule has 170 valence electrons. The number of carbonyl (C=O) groups excluding carboxylic acids is 3. The van der Waals surface area contributed by atoms with E-state index < -0.39 is 6.04 Å². The van der Waals surface area contributed by atoms with Gasteiger partial charge in [-0.1, -0.05) is 55.8 Å². The minimum absolute atomic E-state index is 0.0301. The zero-order valence-electron chi connectivity index (χ0n) is 19.6. The molecule has 0 unspecified atom stereocenters. The summed E-state index contributed by atoms with van der Waals surface area (Å²) in [6, 6.07) is 11.3. The quantitative estimate of drug-likeness (QED) is 0.727. The Labute approximate surface area is 190 Å². The van der Waals surface area contributed by atoms with Crippen molar-refractivity contribution in [3.05, 3.63) is 64.2 Å². The highest BCUT2D eigenvalue weighted by Gasteiger charge is 2.35. The second-order valence-corrected chi connectivity index (χ2v) is 8.80. The summed E-state index contributed by atoms with van der Waals surface area (Å²) < 4.78 is 0. The Kier molecular flexibility index (Phi) is 7.33. The molecule has 0 spiro atoms. The number of hydrogen-bond donors (Lipinski definition) is 2. The van der Waals surface area contributed by atoms with Crippen molar-refractivity contribution in [1.29, 1.82) is 0 Å². The van der Waals surface area contributed by atoms with Gasteiger partial charge in [0.2, 0.25) is 17.7 Å². The number of amides is 3. The van der Waals surface area contributed by atoms with E-state index >= 15 is 0 Å². The molecule has 2 aromatic rings. The molecule has 1 aliphatic heterocycles. The van der Waals surface area contributed by atoms with Crippen molar-refractivity contribution in [3.63, 3.8) is 0 Å².